The molecule has 0 heterocycles. The number of ether oxygens (including phenoxy) is 1. The normalized spacial score (nSPS) is 12.2. The van der Waals surface area contributed by atoms with E-state index in [-0.39, 0.29) is 12.0 Å². The molecule has 3 nitrogen and oxygen atoms in total. The van der Waals surface area contributed by atoms with Gasteiger partial charge in [0.2, 0.25) is 0 Å². The smallest absolute Gasteiger partial charge is 0.307 e. The van der Waals surface area contributed by atoms with Gasteiger partial charge in [-0.25, -0.2) is 0 Å². The molecule has 0 radical (unpaired) electrons. The number of esters is 1. The van der Waals surface area contributed by atoms with Crippen LogP contribution in [0.5, 0.6) is 0 Å². The summed E-state index contributed by atoms with van der Waals surface area (Å²) in [6.45, 7) is 6.68. The van der Waals surface area contributed by atoms with Crippen LogP contribution in [0.1, 0.15) is 40.0 Å². The first-order valence-corrected chi connectivity index (χ1v) is 7.09. The average molecular weight is 263 g/mol. The summed E-state index contributed by atoms with van der Waals surface area (Å²) in [4.78, 5) is 11.6. The molecule has 0 bridgehead atoms. The van der Waals surface area contributed by atoms with Gasteiger partial charge in [0.15, 0.2) is 0 Å². The van der Waals surface area contributed by atoms with Gasteiger partial charge in [-0.05, 0) is 37.8 Å². The van der Waals surface area contributed by atoms with E-state index in [0.717, 1.165) is 18.5 Å². The highest BCUT2D eigenvalue weighted by atomic mass is 16.5. The first-order valence-electron chi connectivity index (χ1n) is 7.09. The standard InChI is InChI=1S/C16H25NO2/c1-4-19-16(18)12-15(11-10-13(2)3)17-14-8-6-5-7-9-14/h5-9,13,15,17H,4,10-12H2,1-3H3/t15-/m0/s1. The largest absolute Gasteiger partial charge is 0.466 e. The second-order valence-electron chi connectivity index (χ2n) is 5.19. The van der Waals surface area contributed by atoms with Crippen molar-refractivity contribution in [3.8, 4) is 0 Å². The molecular weight excluding hydrogens is 238 g/mol. The highest BCUT2D eigenvalue weighted by molar-refractivity contribution is 5.70. The fourth-order valence-electron chi connectivity index (χ4n) is 1.95. The van der Waals surface area contributed by atoms with Crippen LogP contribution in [0.3, 0.4) is 0 Å². The summed E-state index contributed by atoms with van der Waals surface area (Å²) in [5, 5.41) is 3.42. The molecule has 3 heteroatoms. The molecule has 1 aromatic carbocycles. The highest BCUT2D eigenvalue weighted by Crippen LogP contribution is 2.16. The summed E-state index contributed by atoms with van der Waals surface area (Å²) in [6, 6.07) is 10.2. The van der Waals surface area contributed by atoms with E-state index >= 15 is 0 Å². The molecule has 1 N–H and O–H groups in total. The van der Waals surface area contributed by atoms with Crippen LogP contribution < -0.4 is 5.32 Å². The molecule has 19 heavy (non-hydrogen) atoms. The Bertz CT molecular complexity index is 362. The predicted octanol–water partition coefficient (Wildman–Crippen LogP) is 3.86. The fraction of sp³-hybridized carbons (Fsp3) is 0.562. The average Bonchev–Trinajstić information content (AvgIpc) is 2.37. The first kappa shape index (κ1) is 15.5. The maximum atomic E-state index is 11.6. The summed E-state index contributed by atoms with van der Waals surface area (Å²) < 4.78 is 5.04. The van der Waals surface area contributed by atoms with Gasteiger partial charge in [0.1, 0.15) is 0 Å². The first-order chi connectivity index (χ1) is 9.11. The third-order valence-corrected chi connectivity index (χ3v) is 2.96. The van der Waals surface area contributed by atoms with Gasteiger partial charge >= 0.3 is 5.97 Å². The van der Waals surface area contributed by atoms with Gasteiger partial charge in [-0.1, -0.05) is 32.0 Å². The van der Waals surface area contributed by atoms with Crippen LogP contribution in [0.15, 0.2) is 30.3 Å². The molecule has 0 saturated heterocycles. The van der Waals surface area contributed by atoms with Crippen molar-refractivity contribution in [2.45, 2.75) is 46.1 Å². The third kappa shape index (κ3) is 6.85. The molecule has 0 saturated carbocycles. The van der Waals surface area contributed by atoms with Crippen LogP contribution in [0.25, 0.3) is 0 Å². The fourth-order valence-corrected chi connectivity index (χ4v) is 1.95. The van der Waals surface area contributed by atoms with Gasteiger partial charge in [-0.2, -0.15) is 0 Å². The summed E-state index contributed by atoms with van der Waals surface area (Å²) in [5.74, 6) is 0.516. The molecule has 0 fully saturated rings. The Hall–Kier alpha value is -1.51. The summed E-state index contributed by atoms with van der Waals surface area (Å²) >= 11 is 0. The van der Waals surface area contributed by atoms with Crippen LogP contribution in [0.2, 0.25) is 0 Å². The Balaban J connectivity index is 2.55. The topological polar surface area (TPSA) is 38.3 Å². The minimum Gasteiger partial charge on any atom is -0.466 e. The van der Waals surface area contributed by atoms with Gasteiger partial charge in [0.25, 0.3) is 0 Å². The van der Waals surface area contributed by atoms with Crippen molar-refractivity contribution >= 4 is 11.7 Å². The molecule has 0 aliphatic carbocycles. The van der Waals surface area contributed by atoms with Crippen molar-refractivity contribution in [1.82, 2.24) is 0 Å². The molecule has 0 aromatic heterocycles. The van der Waals surface area contributed by atoms with E-state index in [2.05, 4.69) is 19.2 Å². The number of carbonyl (C=O) groups is 1. The van der Waals surface area contributed by atoms with Gasteiger partial charge < -0.3 is 10.1 Å². The predicted molar refractivity (Wildman–Crippen MR) is 79.2 cm³/mol. The zero-order valence-electron chi connectivity index (χ0n) is 12.2. The van der Waals surface area contributed by atoms with Gasteiger partial charge in [-0.15, -0.1) is 0 Å². The number of nitrogens with one attached hydrogen (secondary N) is 1. The lowest BCUT2D eigenvalue weighted by Gasteiger charge is -2.20. The molecule has 1 rings (SSSR count). The molecule has 0 amide bonds. The number of benzene rings is 1. The van der Waals surface area contributed by atoms with Gasteiger partial charge in [0, 0.05) is 11.7 Å². The second-order valence-corrected chi connectivity index (χ2v) is 5.19. The van der Waals surface area contributed by atoms with E-state index in [1.165, 1.54) is 0 Å². The van der Waals surface area contributed by atoms with Crippen molar-refractivity contribution in [2.24, 2.45) is 5.92 Å². The zero-order valence-corrected chi connectivity index (χ0v) is 12.2. The Morgan fingerprint density at radius 3 is 2.47 bits per heavy atom. The quantitative estimate of drug-likeness (QED) is 0.724. The molecule has 1 aromatic rings. The number of anilines is 1. The van der Waals surface area contributed by atoms with Crippen molar-refractivity contribution < 1.29 is 9.53 Å². The van der Waals surface area contributed by atoms with Crippen molar-refractivity contribution in [3.05, 3.63) is 30.3 Å². The Morgan fingerprint density at radius 2 is 1.89 bits per heavy atom. The van der Waals surface area contributed by atoms with E-state index in [4.69, 9.17) is 4.74 Å². The van der Waals surface area contributed by atoms with Crippen molar-refractivity contribution in [2.75, 3.05) is 11.9 Å². The lowest BCUT2D eigenvalue weighted by molar-refractivity contribution is -0.143. The van der Waals surface area contributed by atoms with E-state index in [1.54, 1.807) is 0 Å². The highest BCUT2D eigenvalue weighted by Gasteiger charge is 2.15. The SMILES string of the molecule is CCOC(=O)C[C@H](CCC(C)C)Nc1ccccc1. The Morgan fingerprint density at radius 1 is 1.21 bits per heavy atom. The molecule has 0 aliphatic rings. The summed E-state index contributed by atoms with van der Waals surface area (Å²) in [7, 11) is 0. The van der Waals surface area contributed by atoms with Crippen LogP contribution in [0, 0.1) is 5.92 Å². The molecule has 106 valence electrons. The number of rotatable bonds is 8. The van der Waals surface area contributed by atoms with E-state index in [9.17, 15) is 4.79 Å². The molecule has 1 atom stereocenters. The molecule has 0 aliphatic heterocycles. The van der Waals surface area contributed by atoms with Gasteiger partial charge in [0.05, 0.1) is 13.0 Å². The van der Waals surface area contributed by atoms with Crippen molar-refractivity contribution in [3.63, 3.8) is 0 Å². The number of carbonyl (C=O) groups excluding carboxylic acids is 1. The minimum absolute atomic E-state index is 0.125. The third-order valence-electron chi connectivity index (χ3n) is 2.96. The minimum atomic E-state index is -0.125. The second kappa shape index (κ2) is 8.57. The van der Waals surface area contributed by atoms with Crippen LogP contribution in [-0.4, -0.2) is 18.6 Å². The molecule has 0 unspecified atom stereocenters. The van der Waals surface area contributed by atoms with E-state index < -0.39 is 0 Å². The van der Waals surface area contributed by atoms with E-state index in [1.807, 2.05) is 37.3 Å². The van der Waals surface area contributed by atoms with Gasteiger partial charge in [-0.3, -0.25) is 4.79 Å². The summed E-state index contributed by atoms with van der Waals surface area (Å²) in [6.07, 6.45) is 2.50. The van der Waals surface area contributed by atoms with E-state index in [0.29, 0.717) is 18.9 Å². The monoisotopic (exact) mass is 263 g/mol. The Kier molecular flexibility index (Phi) is 7.01. The lowest BCUT2D eigenvalue weighted by Crippen LogP contribution is -2.25. The number of para-hydroxylation sites is 1. The maximum absolute atomic E-state index is 11.6. The van der Waals surface area contributed by atoms with Crippen molar-refractivity contribution in [1.29, 1.82) is 0 Å². The van der Waals surface area contributed by atoms with Crippen LogP contribution >= 0.6 is 0 Å². The molecule has 0 spiro atoms. The lowest BCUT2D eigenvalue weighted by atomic mass is 10.0. The van der Waals surface area contributed by atoms with Crippen LogP contribution in [0.4, 0.5) is 5.69 Å². The number of hydrogen-bond acceptors (Lipinski definition) is 3. The zero-order chi connectivity index (χ0) is 14.1. The Labute approximate surface area is 116 Å². The maximum Gasteiger partial charge on any atom is 0.307 e. The number of hydrogen-bond donors (Lipinski definition) is 1. The van der Waals surface area contributed by atoms with Crippen LogP contribution in [-0.2, 0) is 9.53 Å². The summed E-state index contributed by atoms with van der Waals surface area (Å²) in [5.41, 5.74) is 1.06. The molecular formula is C16H25NO2.